The number of ether oxygens (including phenoxy) is 1. The average molecular weight is 418 g/mol. The number of likely N-dealkylation sites (tertiary alicyclic amines) is 1. The Morgan fingerprint density at radius 3 is 2.50 bits per heavy atom. The molecule has 1 aliphatic carbocycles. The van der Waals surface area contributed by atoms with Crippen molar-refractivity contribution in [2.75, 3.05) is 13.1 Å². The summed E-state index contributed by atoms with van der Waals surface area (Å²) in [5.41, 5.74) is 2.07. The molecule has 0 unspecified atom stereocenters. The second kappa shape index (κ2) is 7.03. The van der Waals surface area contributed by atoms with Crippen LogP contribution in [0.2, 0.25) is 0 Å². The van der Waals surface area contributed by atoms with Crippen molar-refractivity contribution < 1.29 is 18.3 Å². The summed E-state index contributed by atoms with van der Waals surface area (Å²) < 4.78 is 34.7. The van der Waals surface area contributed by atoms with E-state index in [0.717, 1.165) is 24.1 Å². The zero-order chi connectivity index (χ0) is 21.8. The van der Waals surface area contributed by atoms with Gasteiger partial charge in [0, 0.05) is 41.5 Å². The van der Waals surface area contributed by atoms with Crippen LogP contribution in [-0.2, 0) is 4.74 Å². The Morgan fingerprint density at radius 1 is 1.27 bits per heavy atom. The maximum absolute atomic E-state index is 13.9. The minimum atomic E-state index is -2.60. The van der Waals surface area contributed by atoms with Gasteiger partial charge in [-0.3, -0.25) is 9.67 Å². The van der Waals surface area contributed by atoms with Crippen molar-refractivity contribution >= 4 is 6.09 Å². The van der Waals surface area contributed by atoms with Crippen LogP contribution in [0.4, 0.5) is 13.6 Å². The van der Waals surface area contributed by atoms with Crippen LogP contribution >= 0.6 is 0 Å². The molecule has 0 radical (unpaired) electrons. The number of amides is 1. The van der Waals surface area contributed by atoms with Crippen LogP contribution in [0.5, 0.6) is 0 Å². The van der Waals surface area contributed by atoms with E-state index in [-0.39, 0.29) is 23.2 Å². The van der Waals surface area contributed by atoms with E-state index in [9.17, 15) is 13.6 Å². The van der Waals surface area contributed by atoms with Crippen LogP contribution in [0.15, 0.2) is 18.3 Å². The number of hydrogen-bond acceptors (Lipinski definition) is 4. The Kier molecular flexibility index (Phi) is 4.86. The highest BCUT2D eigenvalue weighted by molar-refractivity contribution is 5.69. The lowest BCUT2D eigenvalue weighted by Crippen LogP contribution is -2.64. The first-order valence-electron chi connectivity index (χ1n) is 10.3. The van der Waals surface area contributed by atoms with Gasteiger partial charge in [0.1, 0.15) is 11.3 Å². The van der Waals surface area contributed by atoms with Gasteiger partial charge < -0.3 is 9.64 Å². The van der Waals surface area contributed by atoms with Crippen molar-refractivity contribution in [3.63, 3.8) is 0 Å². The van der Waals surface area contributed by atoms with Gasteiger partial charge in [-0.25, -0.2) is 13.6 Å². The maximum atomic E-state index is 13.9. The second-order valence-corrected chi connectivity index (χ2v) is 9.64. The third-order valence-corrected chi connectivity index (χ3v) is 6.05. The van der Waals surface area contributed by atoms with Gasteiger partial charge in [-0.05, 0) is 59.6 Å². The molecule has 0 atom stereocenters. The first kappa shape index (κ1) is 20.8. The van der Waals surface area contributed by atoms with Gasteiger partial charge in [-0.2, -0.15) is 5.10 Å². The Bertz CT molecular complexity index is 966. The normalized spacial score (nSPS) is 18.5. The number of carbonyl (C=O) groups excluding carboxylic acids is 1. The number of alkyl halides is 2. The molecule has 30 heavy (non-hydrogen) atoms. The van der Waals surface area contributed by atoms with Gasteiger partial charge in [0.15, 0.2) is 0 Å². The Morgan fingerprint density at radius 2 is 1.93 bits per heavy atom. The molecule has 1 saturated heterocycles. The zero-order valence-electron chi connectivity index (χ0n) is 18.1. The predicted octanol–water partition coefficient (Wildman–Crippen LogP) is 5.07. The summed E-state index contributed by atoms with van der Waals surface area (Å²) in [4.78, 5) is 18.1. The summed E-state index contributed by atoms with van der Waals surface area (Å²) in [6.07, 6.45) is 0.243. The third-order valence-electron chi connectivity index (χ3n) is 6.05. The highest BCUT2D eigenvalue weighted by atomic mass is 19.3. The van der Waals surface area contributed by atoms with E-state index in [1.807, 2.05) is 33.8 Å². The van der Waals surface area contributed by atoms with Crippen LogP contribution in [0, 0.1) is 19.3 Å². The number of aryl methyl sites for hydroxylation is 1. The van der Waals surface area contributed by atoms with Gasteiger partial charge in [0.2, 0.25) is 0 Å². The van der Waals surface area contributed by atoms with Gasteiger partial charge in [0.25, 0.3) is 6.43 Å². The topological polar surface area (TPSA) is 60.2 Å². The fraction of sp³-hybridized carbons (Fsp3) is 0.591. The van der Waals surface area contributed by atoms with Crippen molar-refractivity contribution in [2.24, 2.45) is 5.41 Å². The number of hydrogen-bond donors (Lipinski definition) is 0. The first-order valence-corrected chi connectivity index (χ1v) is 10.3. The predicted molar refractivity (Wildman–Crippen MR) is 108 cm³/mol. The highest BCUT2D eigenvalue weighted by Gasteiger charge is 2.55. The maximum Gasteiger partial charge on any atom is 0.410 e. The number of carbonyl (C=O) groups is 1. The van der Waals surface area contributed by atoms with E-state index in [0.29, 0.717) is 24.3 Å². The largest absolute Gasteiger partial charge is 0.444 e. The molecule has 2 aliphatic rings. The molecule has 6 nitrogen and oxygen atoms in total. The summed E-state index contributed by atoms with van der Waals surface area (Å²) in [7, 11) is 0. The van der Waals surface area contributed by atoms with E-state index in [4.69, 9.17) is 4.74 Å². The molecule has 1 amide bonds. The summed E-state index contributed by atoms with van der Waals surface area (Å²) in [6.45, 7) is 10.3. The Hall–Kier alpha value is -2.51. The highest BCUT2D eigenvalue weighted by Crippen LogP contribution is 2.55. The molecule has 0 bridgehead atoms. The molecular weight excluding hydrogens is 390 g/mol. The molecule has 2 fully saturated rings. The first-order chi connectivity index (χ1) is 14.0. The van der Waals surface area contributed by atoms with Gasteiger partial charge in [0.05, 0.1) is 11.7 Å². The monoisotopic (exact) mass is 418 g/mol. The molecular formula is C22H28F2N4O2. The molecule has 1 aliphatic heterocycles. The molecule has 1 spiro atoms. The number of nitrogens with zero attached hydrogens (tertiary/aromatic N) is 4. The number of halogens is 2. The molecule has 3 heterocycles. The number of pyridine rings is 1. The minimum absolute atomic E-state index is 0.00873. The molecule has 4 rings (SSSR count). The lowest BCUT2D eigenvalue weighted by Gasteiger charge is -2.58. The quantitative estimate of drug-likeness (QED) is 0.698. The van der Waals surface area contributed by atoms with Gasteiger partial charge in [-0.1, -0.05) is 0 Å². The number of aromatic nitrogens is 3. The Balaban J connectivity index is 1.50. The SMILES string of the molecule is Cc1ncccc1-c1nn(C2CC3(C2)CN(C(=O)OC(C)(C)C)C3)c(C(F)F)c1C. The fourth-order valence-corrected chi connectivity index (χ4v) is 4.65. The van der Waals surface area contributed by atoms with Crippen molar-refractivity contribution in [1.82, 2.24) is 19.7 Å². The Labute approximate surface area is 175 Å². The number of rotatable bonds is 3. The van der Waals surface area contributed by atoms with Crippen LogP contribution in [0.1, 0.15) is 63.0 Å². The zero-order valence-corrected chi connectivity index (χ0v) is 18.1. The van der Waals surface area contributed by atoms with E-state index >= 15 is 0 Å². The van der Waals surface area contributed by atoms with E-state index in [1.54, 1.807) is 24.1 Å². The second-order valence-electron chi connectivity index (χ2n) is 9.64. The average Bonchev–Trinajstić information content (AvgIpc) is 2.88. The van der Waals surface area contributed by atoms with Crippen molar-refractivity contribution in [2.45, 2.75) is 65.5 Å². The lowest BCUT2D eigenvalue weighted by atomic mass is 9.61. The van der Waals surface area contributed by atoms with Crippen molar-refractivity contribution in [3.05, 3.63) is 35.3 Å². The minimum Gasteiger partial charge on any atom is -0.444 e. The molecule has 162 valence electrons. The standard InChI is InChI=1S/C22H28F2N4O2/c1-13-17(16-7-6-8-25-14(16)2)26-28(18(13)19(23)24)15-9-22(10-15)11-27(12-22)20(29)30-21(3,4)5/h6-8,15,19H,9-12H2,1-5H3. The van der Waals surface area contributed by atoms with Gasteiger partial charge in [-0.15, -0.1) is 0 Å². The fourth-order valence-electron chi connectivity index (χ4n) is 4.65. The van der Waals surface area contributed by atoms with Crippen molar-refractivity contribution in [3.8, 4) is 11.3 Å². The van der Waals surface area contributed by atoms with Crippen molar-refractivity contribution in [1.29, 1.82) is 0 Å². The molecule has 2 aromatic rings. The van der Waals surface area contributed by atoms with Crippen LogP contribution in [-0.4, -0.2) is 44.4 Å². The lowest BCUT2D eigenvalue weighted by molar-refractivity contribution is -0.0942. The van der Waals surface area contributed by atoms with Crippen LogP contribution in [0.25, 0.3) is 11.3 Å². The van der Waals surface area contributed by atoms with Gasteiger partial charge >= 0.3 is 6.09 Å². The third kappa shape index (κ3) is 3.56. The van der Waals surface area contributed by atoms with E-state index in [1.165, 1.54) is 4.68 Å². The molecule has 0 N–H and O–H groups in total. The smallest absolute Gasteiger partial charge is 0.410 e. The van der Waals surface area contributed by atoms with Crippen LogP contribution < -0.4 is 0 Å². The molecule has 8 heteroatoms. The molecule has 1 saturated carbocycles. The summed E-state index contributed by atoms with van der Waals surface area (Å²) in [5.74, 6) is 0. The van der Waals surface area contributed by atoms with Crippen LogP contribution in [0.3, 0.4) is 0 Å². The van der Waals surface area contributed by atoms with E-state index < -0.39 is 12.0 Å². The summed E-state index contributed by atoms with van der Waals surface area (Å²) in [5, 5.41) is 4.60. The van der Waals surface area contributed by atoms with E-state index in [2.05, 4.69) is 10.1 Å². The summed E-state index contributed by atoms with van der Waals surface area (Å²) in [6, 6.07) is 3.57. The molecule has 0 aromatic carbocycles. The summed E-state index contributed by atoms with van der Waals surface area (Å²) >= 11 is 0. The molecule has 2 aromatic heterocycles.